The highest BCUT2D eigenvalue weighted by atomic mass is 35.5. The van der Waals surface area contributed by atoms with Gasteiger partial charge in [-0.15, -0.1) is 12.4 Å². The first-order valence-electron chi connectivity index (χ1n) is 5.36. The number of halogens is 1. The molecule has 1 atom stereocenters. The van der Waals surface area contributed by atoms with Crippen molar-refractivity contribution in [3.05, 3.63) is 65.7 Å². The quantitative estimate of drug-likeness (QED) is 0.805. The molecule has 0 fully saturated rings. The lowest BCUT2D eigenvalue weighted by Crippen LogP contribution is -2.36. The summed E-state index contributed by atoms with van der Waals surface area (Å²) in [5, 5.41) is 29.1. The normalized spacial score (nSPS) is 13.1. The molecule has 4 nitrogen and oxygen atoms in total. The number of aromatic hydroxyl groups is 1. The molecule has 0 aliphatic rings. The Balaban J connectivity index is 0.00000180. The molecular weight excluding hydrogens is 268 g/mol. The highest BCUT2D eigenvalue weighted by Gasteiger charge is 2.40. The Morgan fingerprint density at radius 3 is 2.05 bits per heavy atom. The third-order valence-corrected chi connectivity index (χ3v) is 2.77. The third kappa shape index (κ3) is 2.70. The van der Waals surface area contributed by atoms with Crippen LogP contribution in [0.3, 0.4) is 0 Å². The fraction of sp³-hybridized carbons (Fsp3) is 0.0714. The standard InChI is InChI=1S/C14H12O4.ClH/c15-12-8-4-7-11(9-12)14(18,13(16)17)10-5-2-1-3-6-10;/h1-9,15,18H,(H,16,17);1H. The molecule has 19 heavy (non-hydrogen) atoms. The first-order valence-corrected chi connectivity index (χ1v) is 5.36. The second-order valence-electron chi connectivity index (χ2n) is 3.93. The number of hydrogen-bond donors (Lipinski definition) is 3. The molecule has 2 aromatic carbocycles. The number of carboxylic acids is 1. The van der Waals surface area contributed by atoms with Crippen LogP contribution in [0, 0.1) is 0 Å². The number of hydrogen-bond acceptors (Lipinski definition) is 3. The van der Waals surface area contributed by atoms with E-state index in [4.69, 9.17) is 0 Å². The van der Waals surface area contributed by atoms with E-state index in [1.54, 1.807) is 18.2 Å². The number of phenols is 1. The van der Waals surface area contributed by atoms with Crippen LogP contribution in [0.2, 0.25) is 0 Å². The molecule has 3 N–H and O–H groups in total. The zero-order valence-electron chi connectivity index (χ0n) is 9.85. The summed E-state index contributed by atoms with van der Waals surface area (Å²) in [5.41, 5.74) is -1.82. The monoisotopic (exact) mass is 280 g/mol. The van der Waals surface area contributed by atoms with E-state index in [1.165, 1.54) is 36.4 Å². The van der Waals surface area contributed by atoms with Gasteiger partial charge < -0.3 is 15.3 Å². The molecule has 0 spiro atoms. The summed E-state index contributed by atoms with van der Waals surface area (Å²) in [5.74, 6) is -1.48. The van der Waals surface area contributed by atoms with Crippen LogP contribution in [0.15, 0.2) is 54.6 Å². The van der Waals surface area contributed by atoms with E-state index in [-0.39, 0.29) is 29.3 Å². The minimum absolute atomic E-state index is 0. The lowest BCUT2D eigenvalue weighted by molar-refractivity contribution is -0.155. The zero-order valence-corrected chi connectivity index (χ0v) is 10.7. The van der Waals surface area contributed by atoms with Crippen molar-refractivity contribution in [2.45, 2.75) is 5.60 Å². The van der Waals surface area contributed by atoms with Gasteiger partial charge in [0.2, 0.25) is 5.60 Å². The molecule has 0 aliphatic carbocycles. The minimum atomic E-state index is -2.17. The molecule has 2 aromatic rings. The van der Waals surface area contributed by atoms with E-state index in [1.807, 2.05) is 0 Å². The van der Waals surface area contributed by atoms with Gasteiger partial charge in [0.1, 0.15) is 5.75 Å². The van der Waals surface area contributed by atoms with Gasteiger partial charge in [0.25, 0.3) is 0 Å². The Morgan fingerprint density at radius 1 is 0.947 bits per heavy atom. The molecule has 0 saturated heterocycles. The largest absolute Gasteiger partial charge is 0.508 e. The maximum atomic E-state index is 11.4. The Hall–Kier alpha value is -2.04. The molecule has 0 aromatic heterocycles. The van der Waals surface area contributed by atoms with Gasteiger partial charge in [0, 0.05) is 5.56 Å². The van der Waals surface area contributed by atoms with Crippen molar-refractivity contribution < 1.29 is 20.1 Å². The second kappa shape index (κ2) is 5.73. The van der Waals surface area contributed by atoms with Crippen LogP contribution in [0.1, 0.15) is 11.1 Å². The molecule has 1 unspecified atom stereocenters. The molecule has 0 radical (unpaired) electrons. The number of benzene rings is 2. The lowest BCUT2D eigenvalue weighted by Gasteiger charge is -2.24. The molecule has 2 rings (SSSR count). The van der Waals surface area contributed by atoms with Gasteiger partial charge in [-0.1, -0.05) is 42.5 Å². The molecule has 0 heterocycles. The number of carbonyl (C=O) groups is 1. The highest BCUT2D eigenvalue weighted by molar-refractivity contribution is 5.85. The number of aliphatic hydroxyl groups is 1. The van der Waals surface area contributed by atoms with Crippen molar-refractivity contribution in [3.8, 4) is 5.75 Å². The number of aliphatic carboxylic acids is 1. The summed E-state index contributed by atoms with van der Waals surface area (Å²) in [4.78, 5) is 11.4. The van der Waals surface area contributed by atoms with Crippen molar-refractivity contribution in [2.24, 2.45) is 0 Å². The van der Waals surface area contributed by atoms with Crippen molar-refractivity contribution >= 4 is 18.4 Å². The van der Waals surface area contributed by atoms with Crippen molar-refractivity contribution in [2.75, 3.05) is 0 Å². The fourth-order valence-electron chi connectivity index (χ4n) is 1.82. The number of carboxylic acid groups (broad SMARTS) is 1. The number of rotatable bonds is 3. The molecule has 100 valence electrons. The number of phenolic OH excluding ortho intramolecular Hbond substituents is 1. The predicted octanol–water partition coefficient (Wildman–Crippen LogP) is 2.13. The van der Waals surface area contributed by atoms with E-state index >= 15 is 0 Å². The summed E-state index contributed by atoms with van der Waals surface area (Å²) in [6.45, 7) is 0. The Labute approximate surface area is 116 Å². The van der Waals surface area contributed by atoms with Gasteiger partial charge in [-0.3, -0.25) is 0 Å². The van der Waals surface area contributed by atoms with Crippen molar-refractivity contribution in [1.29, 1.82) is 0 Å². The van der Waals surface area contributed by atoms with Gasteiger partial charge in [-0.05, 0) is 17.7 Å². The molecule has 0 amide bonds. The van der Waals surface area contributed by atoms with E-state index in [0.29, 0.717) is 0 Å². The summed E-state index contributed by atoms with van der Waals surface area (Å²) in [6, 6.07) is 13.7. The average molecular weight is 281 g/mol. The Morgan fingerprint density at radius 2 is 1.53 bits per heavy atom. The molecule has 5 heteroatoms. The second-order valence-corrected chi connectivity index (χ2v) is 3.93. The maximum absolute atomic E-state index is 11.4. The van der Waals surface area contributed by atoms with Gasteiger partial charge in [-0.2, -0.15) is 0 Å². The van der Waals surface area contributed by atoms with Gasteiger partial charge in [0.05, 0.1) is 0 Å². The molecule has 0 saturated carbocycles. The Kier molecular flexibility index (Phi) is 4.53. The van der Waals surface area contributed by atoms with E-state index in [0.717, 1.165) is 0 Å². The van der Waals surface area contributed by atoms with Crippen LogP contribution >= 0.6 is 12.4 Å². The lowest BCUT2D eigenvalue weighted by atomic mass is 9.86. The van der Waals surface area contributed by atoms with Crippen LogP contribution in [-0.2, 0) is 10.4 Å². The summed E-state index contributed by atoms with van der Waals surface area (Å²) < 4.78 is 0. The van der Waals surface area contributed by atoms with Crippen LogP contribution in [0.5, 0.6) is 5.75 Å². The average Bonchev–Trinajstić information content (AvgIpc) is 2.38. The van der Waals surface area contributed by atoms with Gasteiger partial charge >= 0.3 is 5.97 Å². The Bertz CT molecular complexity index is 571. The smallest absolute Gasteiger partial charge is 0.345 e. The van der Waals surface area contributed by atoms with Crippen LogP contribution in [0.25, 0.3) is 0 Å². The van der Waals surface area contributed by atoms with Gasteiger partial charge in [-0.25, -0.2) is 4.79 Å². The summed E-state index contributed by atoms with van der Waals surface area (Å²) in [6.07, 6.45) is 0. The zero-order chi connectivity index (χ0) is 13.2. The fourth-order valence-corrected chi connectivity index (χ4v) is 1.82. The topological polar surface area (TPSA) is 77.8 Å². The maximum Gasteiger partial charge on any atom is 0.345 e. The SMILES string of the molecule is Cl.O=C(O)C(O)(c1ccccc1)c1cccc(O)c1. The molecule has 0 bridgehead atoms. The highest BCUT2D eigenvalue weighted by Crippen LogP contribution is 2.31. The molecule has 0 aliphatic heterocycles. The predicted molar refractivity (Wildman–Crippen MR) is 72.4 cm³/mol. The van der Waals surface area contributed by atoms with Crippen molar-refractivity contribution in [3.63, 3.8) is 0 Å². The van der Waals surface area contributed by atoms with Crippen LogP contribution in [-0.4, -0.2) is 21.3 Å². The first-order chi connectivity index (χ1) is 8.55. The van der Waals surface area contributed by atoms with E-state index in [2.05, 4.69) is 0 Å². The summed E-state index contributed by atoms with van der Waals surface area (Å²) in [7, 11) is 0. The third-order valence-electron chi connectivity index (χ3n) is 2.77. The first kappa shape index (κ1) is 15.0. The molecular formula is C14H13ClO4. The minimum Gasteiger partial charge on any atom is -0.508 e. The van der Waals surface area contributed by atoms with Gasteiger partial charge in [0.15, 0.2) is 0 Å². The van der Waals surface area contributed by atoms with Crippen LogP contribution in [0.4, 0.5) is 0 Å². The van der Waals surface area contributed by atoms with Crippen LogP contribution < -0.4 is 0 Å². The van der Waals surface area contributed by atoms with E-state index < -0.39 is 11.6 Å². The van der Waals surface area contributed by atoms with Crippen molar-refractivity contribution in [1.82, 2.24) is 0 Å². The summed E-state index contributed by atoms with van der Waals surface area (Å²) >= 11 is 0. The van der Waals surface area contributed by atoms with E-state index in [9.17, 15) is 20.1 Å².